The molecule has 0 bridgehead atoms. The molecule has 0 radical (unpaired) electrons. The van der Waals surface area contributed by atoms with Crippen molar-refractivity contribution in [1.29, 1.82) is 0 Å². The van der Waals surface area contributed by atoms with E-state index in [0.29, 0.717) is 11.4 Å². The standard InChI is InChI=1S/C13H17N3O5S/c1-15-9-12(17)16(13(15)18)6-7-21-11-5-3-4-10(8-11)14-22(2,19)20/h3-5,8,14H,6-7,9H2,1-2H3. The number of likely N-dealkylation sites (N-methyl/N-ethyl adjacent to an activating group) is 1. The van der Waals surface area contributed by atoms with E-state index in [1.54, 1.807) is 25.2 Å². The van der Waals surface area contributed by atoms with E-state index >= 15 is 0 Å². The first-order chi connectivity index (χ1) is 10.3. The summed E-state index contributed by atoms with van der Waals surface area (Å²) in [5, 5.41) is 0. The fourth-order valence-corrected chi connectivity index (χ4v) is 2.56. The Morgan fingerprint density at radius 1 is 1.32 bits per heavy atom. The van der Waals surface area contributed by atoms with Crippen molar-refractivity contribution in [2.24, 2.45) is 0 Å². The summed E-state index contributed by atoms with van der Waals surface area (Å²) in [7, 11) is -1.80. The van der Waals surface area contributed by atoms with Crippen molar-refractivity contribution < 1.29 is 22.7 Å². The third-order valence-electron chi connectivity index (χ3n) is 2.95. The molecular formula is C13H17N3O5S. The summed E-state index contributed by atoms with van der Waals surface area (Å²) in [5.74, 6) is 0.185. The van der Waals surface area contributed by atoms with Crippen LogP contribution < -0.4 is 9.46 Å². The number of nitrogens with one attached hydrogen (secondary N) is 1. The lowest BCUT2D eigenvalue weighted by molar-refractivity contribution is -0.125. The molecule has 1 aromatic rings. The molecule has 1 N–H and O–H groups in total. The number of urea groups is 1. The molecular weight excluding hydrogens is 310 g/mol. The predicted octanol–water partition coefficient (Wildman–Crippen LogP) is 0.331. The molecule has 0 aromatic heterocycles. The molecule has 8 nitrogen and oxygen atoms in total. The number of carbonyl (C=O) groups excluding carboxylic acids is 2. The van der Waals surface area contributed by atoms with Crippen LogP contribution in [0.3, 0.4) is 0 Å². The van der Waals surface area contributed by atoms with Gasteiger partial charge in [-0.15, -0.1) is 0 Å². The van der Waals surface area contributed by atoms with Gasteiger partial charge in [0, 0.05) is 13.1 Å². The smallest absolute Gasteiger partial charge is 0.327 e. The first kappa shape index (κ1) is 16.1. The van der Waals surface area contributed by atoms with E-state index < -0.39 is 10.0 Å². The van der Waals surface area contributed by atoms with Gasteiger partial charge in [-0.25, -0.2) is 13.2 Å². The molecule has 3 amide bonds. The first-order valence-electron chi connectivity index (χ1n) is 6.52. The zero-order valence-electron chi connectivity index (χ0n) is 12.3. The summed E-state index contributed by atoms with van der Waals surface area (Å²) in [6.45, 7) is 0.353. The van der Waals surface area contributed by atoms with Gasteiger partial charge in [0.1, 0.15) is 18.9 Å². The number of anilines is 1. The normalized spacial score (nSPS) is 15.4. The molecule has 0 atom stereocenters. The van der Waals surface area contributed by atoms with Gasteiger partial charge in [0.15, 0.2) is 0 Å². The number of benzene rings is 1. The highest BCUT2D eigenvalue weighted by Gasteiger charge is 2.32. The lowest BCUT2D eigenvalue weighted by Gasteiger charge is -2.15. The highest BCUT2D eigenvalue weighted by molar-refractivity contribution is 7.92. The van der Waals surface area contributed by atoms with Gasteiger partial charge in [-0.1, -0.05) is 6.07 Å². The number of sulfonamides is 1. The van der Waals surface area contributed by atoms with Crippen LogP contribution in [0.15, 0.2) is 24.3 Å². The molecule has 22 heavy (non-hydrogen) atoms. The Hall–Kier alpha value is -2.29. The highest BCUT2D eigenvalue weighted by Crippen LogP contribution is 2.18. The van der Waals surface area contributed by atoms with Gasteiger partial charge in [-0.05, 0) is 12.1 Å². The monoisotopic (exact) mass is 327 g/mol. The van der Waals surface area contributed by atoms with Gasteiger partial charge >= 0.3 is 6.03 Å². The molecule has 1 heterocycles. The van der Waals surface area contributed by atoms with Crippen LogP contribution in [0.25, 0.3) is 0 Å². The van der Waals surface area contributed by atoms with Gasteiger partial charge in [-0.3, -0.25) is 14.4 Å². The molecule has 1 aliphatic rings. The van der Waals surface area contributed by atoms with E-state index in [-0.39, 0.29) is 31.6 Å². The minimum atomic E-state index is -3.36. The second kappa shape index (κ2) is 6.22. The minimum Gasteiger partial charge on any atom is -0.492 e. The van der Waals surface area contributed by atoms with Crippen LogP contribution in [0.5, 0.6) is 5.75 Å². The van der Waals surface area contributed by atoms with Crippen molar-refractivity contribution in [2.45, 2.75) is 0 Å². The average molecular weight is 327 g/mol. The zero-order valence-corrected chi connectivity index (χ0v) is 13.1. The summed E-state index contributed by atoms with van der Waals surface area (Å²) in [6, 6.07) is 6.08. The van der Waals surface area contributed by atoms with Crippen LogP contribution in [0.1, 0.15) is 0 Å². The summed E-state index contributed by atoms with van der Waals surface area (Å²) in [5.41, 5.74) is 0.382. The third kappa shape index (κ3) is 4.10. The molecule has 0 spiro atoms. The molecule has 1 aliphatic heterocycles. The Morgan fingerprint density at radius 2 is 2.05 bits per heavy atom. The van der Waals surface area contributed by atoms with Gasteiger partial charge in [-0.2, -0.15) is 0 Å². The molecule has 2 rings (SSSR count). The van der Waals surface area contributed by atoms with Crippen LogP contribution in [-0.2, 0) is 14.8 Å². The van der Waals surface area contributed by atoms with Gasteiger partial charge in [0.05, 0.1) is 18.5 Å². The quantitative estimate of drug-likeness (QED) is 0.760. The fourth-order valence-electron chi connectivity index (χ4n) is 2.01. The number of ether oxygens (including phenoxy) is 1. The third-order valence-corrected chi connectivity index (χ3v) is 3.56. The van der Waals surface area contributed by atoms with Crippen molar-refractivity contribution in [2.75, 3.05) is 37.7 Å². The van der Waals surface area contributed by atoms with E-state index in [1.807, 2.05) is 0 Å². The second-order valence-electron chi connectivity index (χ2n) is 4.93. The lowest BCUT2D eigenvalue weighted by atomic mass is 10.3. The van der Waals surface area contributed by atoms with Crippen LogP contribution in [0, 0.1) is 0 Å². The van der Waals surface area contributed by atoms with Gasteiger partial charge in [0.25, 0.3) is 0 Å². The van der Waals surface area contributed by atoms with Crippen LogP contribution in [-0.4, -0.2) is 63.2 Å². The topological polar surface area (TPSA) is 96.0 Å². The number of imide groups is 1. The molecule has 1 saturated heterocycles. The van der Waals surface area contributed by atoms with Crippen molar-refractivity contribution in [1.82, 2.24) is 9.80 Å². The van der Waals surface area contributed by atoms with Crippen LogP contribution >= 0.6 is 0 Å². The number of hydrogen-bond donors (Lipinski definition) is 1. The molecule has 1 fully saturated rings. The summed E-state index contributed by atoms with van der Waals surface area (Å²) >= 11 is 0. The highest BCUT2D eigenvalue weighted by atomic mass is 32.2. The van der Waals surface area contributed by atoms with Gasteiger partial charge in [0.2, 0.25) is 15.9 Å². The van der Waals surface area contributed by atoms with E-state index in [9.17, 15) is 18.0 Å². The maximum atomic E-state index is 11.7. The lowest BCUT2D eigenvalue weighted by Crippen LogP contribution is -2.35. The Labute approximate surface area is 128 Å². The fraction of sp³-hybridized carbons (Fsp3) is 0.385. The number of amides is 3. The SMILES string of the molecule is CN1CC(=O)N(CCOc2cccc(NS(C)(=O)=O)c2)C1=O. The average Bonchev–Trinajstić information content (AvgIpc) is 2.63. The van der Waals surface area contributed by atoms with E-state index in [1.165, 1.54) is 11.0 Å². The van der Waals surface area contributed by atoms with Crippen molar-refractivity contribution in [3.63, 3.8) is 0 Å². The minimum absolute atomic E-state index is 0.0760. The second-order valence-corrected chi connectivity index (χ2v) is 6.68. The van der Waals surface area contributed by atoms with Crippen LogP contribution in [0.4, 0.5) is 10.5 Å². The number of carbonyl (C=O) groups is 2. The molecule has 120 valence electrons. The van der Waals surface area contributed by atoms with Crippen molar-refractivity contribution in [3.8, 4) is 5.75 Å². The maximum absolute atomic E-state index is 11.7. The Kier molecular flexibility index (Phi) is 4.55. The first-order valence-corrected chi connectivity index (χ1v) is 8.41. The number of nitrogens with zero attached hydrogens (tertiary/aromatic N) is 2. The maximum Gasteiger partial charge on any atom is 0.327 e. The Bertz CT molecular complexity index is 689. The molecule has 1 aromatic carbocycles. The largest absolute Gasteiger partial charge is 0.492 e. The predicted molar refractivity (Wildman–Crippen MR) is 80.1 cm³/mol. The molecule has 0 aliphatic carbocycles. The molecule has 0 unspecified atom stereocenters. The van der Waals surface area contributed by atoms with E-state index in [0.717, 1.165) is 11.2 Å². The van der Waals surface area contributed by atoms with Gasteiger partial charge < -0.3 is 9.64 Å². The van der Waals surface area contributed by atoms with Crippen molar-refractivity contribution >= 4 is 27.6 Å². The summed E-state index contributed by atoms with van der Waals surface area (Å²) in [6.07, 6.45) is 1.06. The number of rotatable bonds is 6. The summed E-state index contributed by atoms with van der Waals surface area (Å²) < 4.78 is 30.1. The van der Waals surface area contributed by atoms with E-state index in [4.69, 9.17) is 4.74 Å². The van der Waals surface area contributed by atoms with Crippen LogP contribution in [0.2, 0.25) is 0 Å². The van der Waals surface area contributed by atoms with Crippen molar-refractivity contribution in [3.05, 3.63) is 24.3 Å². The zero-order chi connectivity index (χ0) is 16.3. The van der Waals surface area contributed by atoms with E-state index in [2.05, 4.69) is 4.72 Å². The Morgan fingerprint density at radius 3 is 2.64 bits per heavy atom. The summed E-state index contributed by atoms with van der Waals surface area (Å²) in [4.78, 5) is 25.7. The molecule has 9 heteroatoms. The Balaban J connectivity index is 1.91. The number of hydrogen-bond acceptors (Lipinski definition) is 5. The molecule has 0 saturated carbocycles.